The summed E-state index contributed by atoms with van der Waals surface area (Å²) in [5, 5.41) is 6.44. The van der Waals surface area contributed by atoms with Crippen molar-refractivity contribution in [1.29, 1.82) is 0 Å². The molecule has 1 amide bonds. The second-order valence-electron chi connectivity index (χ2n) is 9.14. The van der Waals surface area contributed by atoms with Gasteiger partial charge in [-0.1, -0.05) is 36.9 Å². The Morgan fingerprint density at radius 1 is 1.00 bits per heavy atom. The predicted octanol–water partition coefficient (Wildman–Crippen LogP) is 5.53. The summed E-state index contributed by atoms with van der Waals surface area (Å²) < 4.78 is 42.7. The average molecular weight is 533 g/mol. The molecule has 0 bridgehead atoms. The zero-order chi connectivity index (χ0) is 27.4. The Balaban J connectivity index is 1.40. The molecule has 0 atom stereocenters. The molecule has 4 aromatic rings. The van der Waals surface area contributed by atoms with Crippen LogP contribution in [0.3, 0.4) is 0 Å². The van der Waals surface area contributed by atoms with E-state index in [0.29, 0.717) is 43.9 Å². The number of rotatable bonds is 8. The third-order valence-corrected chi connectivity index (χ3v) is 6.60. The van der Waals surface area contributed by atoms with Crippen molar-refractivity contribution >= 4 is 39.8 Å². The Hall–Kier alpha value is -4.44. The largest absolute Gasteiger partial charge is 0.364 e. The van der Waals surface area contributed by atoms with Crippen molar-refractivity contribution in [2.75, 3.05) is 54.9 Å². The molecule has 0 spiro atoms. The summed E-state index contributed by atoms with van der Waals surface area (Å²) in [7, 11) is 0. The highest BCUT2D eigenvalue weighted by Crippen LogP contribution is 2.32. The van der Waals surface area contributed by atoms with E-state index in [2.05, 4.69) is 27.2 Å². The highest BCUT2D eigenvalue weighted by Gasteiger charge is 2.23. The zero-order valence-electron chi connectivity index (χ0n) is 21.1. The van der Waals surface area contributed by atoms with Gasteiger partial charge >= 0.3 is 0 Å². The average Bonchev–Trinajstić information content (AvgIpc) is 2.93. The minimum atomic E-state index is -0.698. The van der Waals surface area contributed by atoms with E-state index < -0.39 is 18.3 Å². The van der Waals surface area contributed by atoms with Crippen molar-refractivity contribution in [2.24, 2.45) is 0 Å². The molecule has 2 N–H and O–H groups in total. The molecular formula is C29H27F3N6O. The molecule has 39 heavy (non-hydrogen) atoms. The molecule has 10 heteroatoms. The lowest BCUT2D eigenvalue weighted by Gasteiger charge is -2.35. The Bertz CT molecular complexity index is 1500. The number of alkyl halides is 1. The minimum Gasteiger partial charge on any atom is -0.364 e. The van der Waals surface area contributed by atoms with Crippen LogP contribution in [0, 0.1) is 11.6 Å². The SMILES string of the molecule is C=CC(=O)Nc1cccc(-c2cccc3cnc(Nc4cc(F)c(N5CCN(CCF)CC5)c(F)c4)nc23)c1. The van der Waals surface area contributed by atoms with Gasteiger partial charge in [0.2, 0.25) is 11.9 Å². The summed E-state index contributed by atoms with van der Waals surface area (Å²) in [6, 6.07) is 15.4. The Kier molecular flexibility index (Phi) is 7.74. The number of para-hydroxylation sites is 1. The summed E-state index contributed by atoms with van der Waals surface area (Å²) in [5.74, 6) is -1.53. The van der Waals surface area contributed by atoms with Gasteiger partial charge in [-0.2, -0.15) is 0 Å². The number of aromatic nitrogens is 2. The minimum absolute atomic E-state index is 0.0920. The fourth-order valence-corrected chi connectivity index (χ4v) is 4.69. The number of fused-ring (bicyclic) bond motifs is 1. The third-order valence-electron chi connectivity index (χ3n) is 6.60. The van der Waals surface area contributed by atoms with Crippen LogP contribution in [0.25, 0.3) is 22.0 Å². The van der Waals surface area contributed by atoms with Gasteiger partial charge in [-0.05, 0) is 35.9 Å². The summed E-state index contributed by atoms with van der Waals surface area (Å²) in [4.78, 5) is 24.3. The van der Waals surface area contributed by atoms with Gasteiger partial charge in [0.1, 0.15) is 12.4 Å². The number of benzene rings is 3. The monoisotopic (exact) mass is 532 g/mol. The maximum Gasteiger partial charge on any atom is 0.247 e. The highest BCUT2D eigenvalue weighted by molar-refractivity contribution is 6.00. The van der Waals surface area contributed by atoms with Crippen LogP contribution in [-0.2, 0) is 4.79 Å². The van der Waals surface area contributed by atoms with Crippen molar-refractivity contribution in [3.63, 3.8) is 0 Å². The lowest BCUT2D eigenvalue weighted by Crippen LogP contribution is -2.47. The van der Waals surface area contributed by atoms with Gasteiger partial charge in [-0.25, -0.2) is 23.1 Å². The molecule has 1 aromatic heterocycles. The number of carbonyl (C=O) groups is 1. The molecule has 0 aliphatic carbocycles. The van der Waals surface area contributed by atoms with Crippen LogP contribution in [0.1, 0.15) is 0 Å². The lowest BCUT2D eigenvalue weighted by atomic mass is 10.0. The first-order chi connectivity index (χ1) is 18.9. The number of nitrogens with one attached hydrogen (secondary N) is 2. The highest BCUT2D eigenvalue weighted by atomic mass is 19.1. The van der Waals surface area contributed by atoms with E-state index in [0.717, 1.165) is 16.5 Å². The van der Waals surface area contributed by atoms with E-state index in [9.17, 15) is 9.18 Å². The number of hydrogen-bond acceptors (Lipinski definition) is 6. The number of anilines is 4. The standard InChI is InChI=1S/C29H27F3N6O/c1-2-26(39)34-21-7-3-5-19(15-21)23-8-4-6-20-18-33-29(36-27(20)23)35-22-16-24(31)28(25(32)17-22)38-13-11-37(10-9-30)12-14-38/h2-8,15-18H,1,9-14H2,(H,34,39)(H,33,35,36). The topological polar surface area (TPSA) is 73.4 Å². The smallest absolute Gasteiger partial charge is 0.247 e. The molecule has 1 fully saturated rings. The quantitative estimate of drug-likeness (QED) is 0.291. The first-order valence-corrected chi connectivity index (χ1v) is 12.5. The van der Waals surface area contributed by atoms with E-state index in [1.54, 1.807) is 17.2 Å². The predicted molar refractivity (Wildman–Crippen MR) is 148 cm³/mol. The van der Waals surface area contributed by atoms with E-state index in [-0.39, 0.29) is 23.2 Å². The molecule has 0 unspecified atom stereocenters. The van der Waals surface area contributed by atoms with Crippen molar-refractivity contribution < 1.29 is 18.0 Å². The third kappa shape index (κ3) is 5.85. The Morgan fingerprint density at radius 3 is 2.46 bits per heavy atom. The lowest BCUT2D eigenvalue weighted by molar-refractivity contribution is -0.111. The molecule has 5 rings (SSSR count). The van der Waals surface area contributed by atoms with Crippen LogP contribution < -0.4 is 15.5 Å². The molecule has 0 radical (unpaired) electrons. The first-order valence-electron chi connectivity index (χ1n) is 12.5. The van der Waals surface area contributed by atoms with E-state index in [1.807, 2.05) is 41.3 Å². The molecular weight excluding hydrogens is 505 g/mol. The first kappa shape index (κ1) is 26.2. The number of nitrogens with zero attached hydrogens (tertiary/aromatic N) is 4. The Morgan fingerprint density at radius 2 is 1.74 bits per heavy atom. The van der Waals surface area contributed by atoms with Gasteiger partial charge in [0, 0.05) is 61.2 Å². The molecule has 200 valence electrons. The van der Waals surface area contributed by atoms with Crippen molar-refractivity contribution in [3.05, 3.63) is 85.1 Å². The maximum absolute atomic E-state index is 15.1. The number of hydrogen-bond donors (Lipinski definition) is 2. The zero-order valence-corrected chi connectivity index (χ0v) is 21.1. The van der Waals surface area contributed by atoms with Crippen LogP contribution in [0.4, 0.5) is 36.2 Å². The number of halogens is 3. The molecule has 2 heterocycles. The number of amides is 1. The summed E-state index contributed by atoms with van der Waals surface area (Å²) >= 11 is 0. The molecule has 1 aliphatic heterocycles. The van der Waals surface area contributed by atoms with Gasteiger partial charge in [-0.3, -0.25) is 9.69 Å². The van der Waals surface area contributed by atoms with Crippen LogP contribution >= 0.6 is 0 Å². The van der Waals surface area contributed by atoms with Crippen LogP contribution in [0.5, 0.6) is 0 Å². The fourth-order valence-electron chi connectivity index (χ4n) is 4.69. The van der Waals surface area contributed by atoms with Crippen molar-refractivity contribution in [1.82, 2.24) is 14.9 Å². The Labute approximate surface area is 224 Å². The summed E-state index contributed by atoms with van der Waals surface area (Å²) in [6.45, 7) is 5.26. The number of carbonyl (C=O) groups excluding carboxylic acids is 1. The molecule has 3 aromatic carbocycles. The second kappa shape index (κ2) is 11.5. The van der Waals surface area contributed by atoms with Gasteiger partial charge in [0.05, 0.1) is 5.52 Å². The van der Waals surface area contributed by atoms with Crippen LogP contribution in [-0.4, -0.2) is 60.2 Å². The van der Waals surface area contributed by atoms with E-state index >= 15 is 8.78 Å². The maximum atomic E-state index is 15.1. The molecule has 0 saturated carbocycles. The van der Waals surface area contributed by atoms with Crippen LogP contribution in [0.15, 0.2) is 73.4 Å². The van der Waals surface area contributed by atoms with Crippen LogP contribution in [0.2, 0.25) is 0 Å². The number of piperazine rings is 1. The summed E-state index contributed by atoms with van der Waals surface area (Å²) in [5.41, 5.74) is 2.94. The second-order valence-corrected chi connectivity index (χ2v) is 9.14. The molecule has 7 nitrogen and oxygen atoms in total. The van der Waals surface area contributed by atoms with Gasteiger partial charge in [-0.15, -0.1) is 0 Å². The normalized spacial score (nSPS) is 13.9. The van der Waals surface area contributed by atoms with Gasteiger partial charge < -0.3 is 15.5 Å². The molecule has 1 aliphatic rings. The van der Waals surface area contributed by atoms with Crippen molar-refractivity contribution in [3.8, 4) is 11.1 Å². The summed E-state index contributed by atoms with van der Waals surface area (Å²) in [6.07, 6.45) is 2.83. The van der Waals surface area contributed by atoms with E-state index in [4.69, 9.17) is 0 Å². The van der Waals surface area contributed by atoms with E-state index in [1.165, 1.54) is 18.2 Å². The molecule has 1 saturated heterocycles. The van der Waals surface area contributed by atoms with Gasteiger partial charge in [0.15, 0.2) is 11.6 Å². The van der Waals surface area contributed by atoms with Crippen molar-refractivity contribution in [2.45, 2.75) is 0 Å². The fraction of sp³-hybridized carbons (Fsp3) is 0.207. The van der Waals surface area contributed by atoms with Gasteiger partial charge in [0.25, 0.3) is 0 Å².